The highest BCUT2D eigenvalue weighted by Crippen LogP contribution is 2.50. The van der Waals surface area contributed by atoms with E-state index in [4.69, 9.17) is 0 Å². The van der Waals surface area contributed by atoms with Crippen LogP contribution in [0.3, 0.4) is 0 Å². The van der Waals surface area contributed by atoms with Gasteiger partial charge in [-0.25, -0.2) is 0 Å². The van der Waals surface area contributed by atoms with Crippen molar-refractivity contribution >= 4 is 23.2 Å². The summed E-state index contributed by atoms with van der Waals surface area (Å²) in [6.45, 7) is 17.8. The van der Waals surface area contributed by atoms with E-state index >= 15 is 0 Å². The summed E-state index contributed by atoms with van der Waals surface area (Å²) in [5, 5.41) is 13.4. The summed E-state index contributed by atoms with van der Waals surface area (Å²) in [4.78, 5) is 26.7. The molecule has 1 aromatic rings. The van der Waals surface area contributed by atoms with Crippen LogP contribution < -0.4 is 5.11 Å². The van der Waals surface area contributed by atoms with Gasteiger partial charge in [-0.1, -0.05) is 47.3 Å². The standard InChI is InChI=1S/C25H30O3/c1-23(2,3)16-10-13-19-14(20(16)26)11-17(24(4,5)6)22(28)15(19)12-18(21(13)27)25(7,8)9/h10-12H,1-9H3. The van der Waals surface area contributed by atoms with Gasteiger partial charge in [0, 0.05) is 22.6 Å². The molecule has 0 aromatic heterocycles. The van der Waals surface area contributed by atoms with Crippen LogP contribution in [0.1, 0.15) is 89.4 Å². The Kier molecular flexibility index (Phi) is 4.27. The molecule has 0 spiro atoms. The molecule has 0 amide bonds. The van der Waals surface area contributed by atoms with Crippen molar-refractivity contribution in [3.63, 3.8) is 0 Å². The molecule has 0 radical (unpaired) electrons. The number of hydrogen-bond donors (Lipinski definition) is 0. The zero-order valence-electron chi connectivity index (χ0n) is 18.5. The first-order valence-corrected chi connectivity index (χ1v) is 9.84. The first kappa shape index (κ1) is 20.4. The van der Waals surface area contributed by atoms with Crippen molar-refractivity contribution in [1.29, 1.82) is 0 Å². The van der Waals surface area contributed by atoms with Gasteiger partial charge in [-0.2, -0.15) is 0 Å². The first-order chi connectivity index (χ1) is 12.5. The number of allylic oxidation sites excluding steroid dienone is 3. The molecule has 28 heavy (non-hydrogen) atoms. The van der Waals surface area contributed by atoms with Gasteiger partial charge >= 0.3 is 0 Å². The van der Waals surface area contributed by atoms with Gasteiger partial charge in [-0.05, 0) is 43.2 Å². The van der Waals surface area contributed by atoms with E-state index in [1.165, 1.54) is 0 Å². The van der Waals surface area contributed by atoms with Gasteiger partial charge in [0.1, 0.15) is 22.6 Å². The maximum Gasteiger partial charge on any atom is 0.296 e. The molecule has 0 N–H and O–H groups in total. The Hall–Kier alpha value is -2.29. The zero-order valence-corrected chi connectivity index (χ0v) is 18.5. The van der Waals surface area contributed by atoms with Gasteiger partial charge in [0.15, 0.2) is 0 Å². The van der Waals surface area contributed by atoms with E-state index in [-0.39, 0.29) is 17.3 Å². The molecule has 3 heteroatoms. The molecule has 0 fully saturated rings. The molecule has 2 aliphatic rings. The van der Waals surface area contributed by atoms with E-state index in [0.29, 0.717) is 39.3 Å². The number of ketones is 2. The zero-order chi connectivity index (χ0) is 21.4. The lowest BCUT2D eigenvalue weighted by Gasteiger charge is -2.34. The van der Waals surface area contributed by atoms with Crippen LogP contribution >= 0.6 is 0 Å². The van der Waals surface area contributed by atoms with Crippen molar-refractivity contribution in [2.75, 3.05) is 0 Å². The Labute approximate surface area is 168 Å². The van der Waals surface area contributed by atoms with Crippen molar-refractivity contribution in [3.05, 3.63) is 45.9 Å². The van der Waals surface area contributed by atoms with Crippen molar-refractivity contribution in [2.24, 2.45) is 10.8 Å². The smallest absolute Gasteiger partial charge is 0.296 e. The molecule has 2 aliphatic carbocycles. The van der Waals surface area contributed by atoms with E-state index in [2.05, 4.69) is 0 Å². The maximum absolute atomic E-state index is 13.4. The second kappa shape index (κ2) is 5.85. The highest BCUT2D eigenvalue weighted by Gasteiger charge is 2.49. The Morgan fingerprint density at radius 3 is 1.93 bits per heavy atom. The van der Waals surface area contributed by atoms with E-state index in [0.717, 1.165) is 0 Å². The van der Waals surface area contributed by atoms with E-state index in [1.54, 1.807) is 18.2 Å². The summed E-state index contributed by atoms with van der Waals surface area (Å²) in [7, 11) is 0. The first-order valence-electron chi connectivity index (χ1n) is 9.84. The highest BCUT2D eigenvalue weighted by molar-refractivity contribution is 6.37. The summed E-state index contributed by atoms with van der Waals surface area (Å²) < 4.78 is 0. The molecule has 0 heterocycles. The number of carbonyl (C=O) groups excluding carboxylic acids is 2. The number of rotatable bonds is 0. The van der Waals surface area contributed by atoms with Crippen LogP contribution in [0.25, 0.3) is 11.6 Å². The molecule has 0 atom stereocenters. The quantitative estimate of drug-likeness (QED) is 0.578. The maximum atomic E-state index is 13.4. The van der Waals surface area contributed by atoms with Crippen LogP contribution in [0.15, 0.2) is 17.7 Å². The van der Waals surface area contributed by atoms with Gasteiger partial charge in [0.25, 0.3) is 5.78 Å². The Morgan fingerprint density at radius 2 is 1.46 bits per heavy atom. The van der Waals surface area contributed by atoms with Crippen LogP contribution in [0, 0.1) is 16.7 Å². The SMILES string of the molecule is CC(C)(C)C1=Cc2c([O-])c(C(C)(C)C)cc3c2C(=C[C+](C(C)(C)C)C3=O)C1=O. The molecule has 0 saturated carbocycles. The Balaban J connectivity index is 2.47. The number of hydrogen-bond acceptors (Lipinski definition) is 3. The second-order valence-electron chi connectivity index (χ2n) is 11.0. The monoisotopic (exact) mass is 378 g/mol. The minimum absolute atomic E-state index is 0.0848. The lowest BCUT2D eigenvalue weighted by Crippen LogP contribution is -2.33. The number of carbonyl (C=O) groups is 2. The third-order valence-corrected chi connectivity index (χ3v) is 5.57. The molecule has 0 saturated heterocycles. The second-order valence-corrected chi connectivity index (χ2v) is 11.0. The summed E-state index contributed by atoms with van der Waals surface area (Å²) in [5.41, 5.74) is 2.01. The summed E-state index contributed by atoms with van der Waals surface area (Å²) in [6, 6.07) is 1.73. The van der Waals surface area contributed by atoms with Crippen LogP contribution in [-0.4, -0.2) is 11.6 Å². The molecule has 3 rings (SSSR count). The molecule has 148 valence electrons. The third kappa shape index (κ3) is 3.01. The van der Waals surface area contributed by atoms with E-state index in [9.17, 15) is 14.7 Å². The molecule has 0 aliphatic heterocycles. The number of benzene rings is 1. The van der Waals surface area contributed by atoms with Gasteiger partial charge in [0.2, 0.25) is 5.78 Å². The van der Waals surface area contributed by atoms with Gasteiger partial charge < -0.3 is 5.11 Å². The van der Waals surface area contributed by atoms with E-state index < -0.39 is 16.2 Å². The highest BCUT2D eigenvalue weighted by atomic mass is 16.3. The topological polar surface area (TPSA) is 57.2 Å². The lowest BCUT2D eigenvalue weighted by molar-refractivity contribution is -0.270. The van der Waals surface area contributed by atoms with Gasteiger partial charge in [0.05, 0.1) is 6.08 Å². The average molecular weight is 379 g/mol. The lowest BCUT2D eigenvalue weighted by atomic mass is 9.65. The van der Waals surface area contributed by atoms with Crippen LogP contribution in [0.5, 0.6) is 5.75 Å². The Morgan fingerprint density at radius 1 is 0.893 bits per heavy atom. The molecular formula is C25H30O3. The van der Waals surface area contributed by atoms with Gasteiger partial charge in [-0.15, -0.1) is 0 Å². The number of Topliss-reactive ketones (excluding diaryl/α,β-unsaturated/α-hetero) is 2. The predicted octanol–water partition coefficient (Wildman–Crippen LogP) is 5.27. The predicted molar refractivity (Wildman–Crippen MR) is 112 cm³/mol. The Bertz CT molecular complexity index is 951. The van der Waals surface area contributed by atoms with Crippen molar-refractivity contribution in [1.82, 2.24) is 0 Å². The van der Waals surface area contributed by atoms with Crippen molar-refractivity contribution in [2.45, 2.75) is 67.7 Å². The summed E-state index contributed by atoms with van der Waals surface area (Å²) >= 11 is 0. The fraction of sp³-hybridized carbons (Fsp3) is 0.480. The molecule has 1 aromatic carbocycles. The van der Waals surface area contributed by atoms with Crippen LogP contribution in [0.2, 0.25) is 0 Å². The van der Waals surface area contributed by atoms with Gasteiger partial charge in [-0.3, -0.25) is 9.59 Å². The fourth-order valence-corrected chi connectivity index (χ4v) is 3.93. The molecule has 3 nitrogen and oxygen atoms in total. The third-order valence-electron chi connectivity index (χ3n) is 5.57. The van der Waals surface area contributed by atoms with Crippen molar-refractivity contribution < 1.29 is 14.7 Å². The largest absolute Gasteiger partial charge is 0.872 e. The minimum atomic E-state index is -0.399. The van der Waals surface area contributed by atoms with Crippen LogP contribution in [-0.2, 0) is 10.2 Å². The fourth-order valence-electron chi connectivity index (χ4n) is 3.93. The van der Waals surface area contributed by atoms with E-state index in [1.807, 2.05) is 62.3 Å². The average Bonchev–Trinajstić information content (AvgIpc) is 2.49. The molecule has 0 bridgehead atoms. The minimum Gasteiger partial charge on any atom is -0.872 e. The van der Waals surface area contributed by atoms with Crippen molar-refractivity contribution in [3.8, 4) is 5.75 Å². The molecule has 0 unspecified atom stereocenters. The summed E-state index contributed by atoms with van der Waals surface area (Å²) in [6.07, 6.45) is 3.46. The normalized spacial score (nSPS) is 17.4. The molecular weight excluding hydrogens is 348 g/mol. The summed E-state index contributed by atoms with van der Waals surface area (Å²) in [5.74, 6) is 0.359. The van der Waals surface area contributed by atoms with Crippen LogP contribution in [0.4, 0.5) is 0 Å².